The van der Waals surface area contributed by atoms with Gasteiger partial charge in [-0.15, -0.1) is 0 Å². The van der Waals surface area contributed by atoms with Crippen molar-refractivity contribution >= 4 is 15.7 Å². The van der Waals surface area contributed by atoms with Gasteiger partial charge in [0.25, 0.3) is 0 Å². The van der Waals surface area contributed by atoms with Gasteiger partial charge in [-0.1, -0.05) is 0 Å². The number of nitrogens with one attached hydrogen (secondary N) is 2. The van der Waals surface area contributed by atoms with Gasteiger partial charge >= 0.3 is 0 Å². The fraction of sp³-hybridized carbons (Fsp3) is 0.600. The Morgan fingerprint density at radius 2 is 1.48 bits per heavy atom. The summed E-state index contributed by atoms with van der Waals surface area (Å²) in [5.74, 6) is 0. The maximum absolute atomic E-state index is 12.1. The molecular formula is C15H23N3O2S. The highest BCUT2D eigenvalue weighted by molar-refractivity contribution is 7.89. The molecular weight excluding hydrogens is 286 g/mol. The molecule has 5 nitrogen and oxygen atoms in total. The van der Waals surface area contributed by atoms with Crippen molar-refractivity contribution in [1.29, 1.82) is 0 Å². The number of nitrogens with two attached hydrogens (primary N) is 1. The number of benzene rings is 1. The highest BCUT2D eigenvalue weighted by atomic mass is 32.2. The van der Waals surface area contributed by atoms with Gasteiger partial charge in [0.1, 0.15) is 0 Å². The van der Waals surface area contributed by atoms with Gasteiger partial charge in [0, 0.05) is 23.8 Å². The lowest BCUT2D eigenvalue weighted by Gasteiger charge is -2.27. The lowest BCUT2D eigenvalue weighted by atomic mass is 9.92. The molecule has 0 radical (unpaired) electrons. The molecule has 2 aliphatic rings. The Balaban J connectivity index is 1.61. The summed E-state index contributed by atoms with van der Waals surface area (Å²) in [6.07, 6.45) is 6.14. The second-order valence-electron chi connectivity index (χ2n) is 6.18. The lowest BCUT2D eigenvalue weighted by molar-refractivity contribution is 0.411. The number of hydrogen-bond donors (Lipinski definition) is 3. The molecule has 3 rings (SSSR count). The van der Waals surface area contributed by atoms with Crippen LogP contribution in [0.5, 0.6) is 0 Å². The Morgan fingerprint density at radius 1 is 0.905 bits per heavy atom. The molecule has 6 heteroatoms. The summed E-state index contributed by atoms with van der Waals surface area (Å²) in [6.45, 7) is 0. The minimum Gasteiger partial charge on any atom is -0.382 e. The van der Waals surface area contributed by atoms with Gasteiger partial charge < -0.3 is 11.1 Å². The highest BCUT2D eigenvalue weighted by Gasteiger charge is 2.27. The van der Waals surface area contributed by atoms with E-state index >= 15 is 0 Å². The minimum atomic E-state index is -3.35. The smallest absolute Gasteiger partial charge is 0.240 e. The van der Waals surface area contributed by atoms with Crippen molar-refractivity contribution in [3.63, 3.8) is 0 Å². The predicted molar refractivity (Wildman–Crippen MR) is 83.6 cm³/mol. The summed E-state index contributed by atoms with van der Waals surface area (Å²) >= 11 is 0. The van der Waals surface area contributed by atoms with E-state index in [1.165, 1.54) is 0 Å². The molecule has 0 aromatic heterocycles. The second-order valence-corrected chi connectivity index (χ2v) is 7.89. The summed E-state index contributed by atoms with van der Waals surface area (Å²) in [4.78, 5) is 0.339. The average molecular weight is 309 g/mol. The van der Waals surface area contributed by atoms with Crippen LogP contribution in [0.2, 0.25) is 0 Å². The van der Waals surface area contributed by atoms with Gasteiger partial charge in [-0.25, -0.2) is 13.1 Å². The molecule has 0 atom stereocenters. The lowest BCUT2D eigenvalue weighted by Crippen LogP contribution is -2.32. The van der Waals surface area contributed by atoms with Crippen LogP contribution in [-0.2, 0) is 10.0 Å². The third kappa shape index (κ3) is 3.96. The summed E-state index contributed by atoms with van der Waals surface area (Å²) in [5.41, 5.74) is 6.87. The van der Waals surface area contributed by atoms with Gasteiger partial charge in [-0.3, -0.25) is 0 Å². The first-order valence-corrected chi connectivity index (χ1v) is 9.16. The minimum absolute atomic E-state index is 0.138. The van der Waals surface area contributed by atoms with Crippen LogP contribution in [0, 0.1) is 0 Å². The molecule has 116 valence electrons. The van der Waals surface area contributed by atoms with Crippen molar-refractivity contribution in [2.45, 2.75) is 61.5 Å². The topological polar surface area (TPSA) is 84.2 Å². The van der Waals surface area contributed by atoms with Gasteiger partial charge in [0.15, 0.2) is 0 Å². The van der Waals surface area contributed by atoms with E-state index in [2.05, 4.69) is 10.0 Å². The number of sulfonamides is 1. The molecule has 0 spiro atoms. The Kier molecular flexibility index (Phi) is 4.19. The van der Waals surface area contributed by atoms with Crippen LogP contribution in [0.3, 0.4) is 0 Å². The molecule has 0 heterocycles. The molecule has 2 aliphatic carbocycles. The molecule has 0 bridgehead atoms. The predicted octanol–water partition coefficient (Wildman–Crippen LogP) is 1.81. The monoisotopic (exact) mass is 309 g/mol. The largest absolute Gasteiger partial charge is 0.382 e. The Labute approximate surface area is 126 Å². The number of hydrogen-bond acceptors (Lipinski definition) is 4. The molecule has 0 unspecified atom stereocenters. The second kappa shape index (κ2) is 5.94. The fourth-order valence-corrected chi connectivity index (χ4v) is 4.02. The average Bonchev–Trinajstić information content (AvgIpc) is 3.25. The zero-order valence-electron chi connectivity index (χ0n) is 12.1. The first-order valence-electron chi connectivity index (χ1n) is 7.67. The van der Waals surface area contributed by atoms with E-state index in [4.69, 9.17) is 5.73 Å². The van der Waals surface area contributed by atoms with Crippen molar-refractivity contribution in [3.05, 3.63) is 24.3 Å². The maximum atomic E-state index is 12.1. The van der Waals surface area contributed by atoms with Crippen LogP contribution < -0.4 is 15.8 Å². The van der Waals surface area contributed by atoms with Gasteiger partial charge in [-0.2, -0.15) is 0 Å². The van der Waals surface area contributed by atoms with Crippen molar-refractivity contribution in [2.75, 3.05) is 5.32 Å². The maximum Gasteiger partial charge on any atom is 0.240 e. The fourth-order valence-electron chi connectivity index (χ4n) is 2.72. The molecule has 0 amide bonds. The molecule has 2 saturated carbocycles. The van der Waals surface area contributed by atoms with E-state index in [9.17, 15) is 8.42 Å². The van der Waals surface area contributed by atoms with Gasteiger partial charge in [-0.05, 0) is 62.8 Å². The van der Waals surface area contributed by atoms with Crippen LogP contribution >= 0.6 is 0 Å². The normalized spacial score (nSPS) is 26.5. The molecule has 1 aromatic rings. The standard InChI is InChI=1S/C15H23N3O2S/c16-11-1-3-12(4-2-11)17-13-7-9-15(10-8-13)21(19,20)18-14-5-6-14/h7-12,14,17-18H,1-6,16H2. The van der Waals surface area contributed by atoms with E-state index < -0.39 is 10.0 Å². The van der Waals surface area contributed by atoms with Crippen molar-refractivity contribution in [2.24, 2.45) is 5.73 Å². The van der Waals surface area contributed by atoms with E-state index in [-0.39, 0.29) is 6.04 Å². The molecule has 0 aliphatic heterocycles. The SMILES string of the molecule is NC1CCC(Nc2ccc(S(=O)(=O)NC3CC3)cc2)CC1. The molecule has 2 fully saturated rings. The van der Waals surface area contributed by atoms with Crippen molar-refractivity contribution in [1.82, 2.24) is 4.72 Å². The van der Waals surface area contributed by atoms with Crippen molar-refractivity contribution < 1.29 is 8.42 Å². The molecule has 21 heavy (non-hydrogen) atoms. The van der Waals surface area contributed by atoms with Crippen LogP contribution in [0.15, 0.2) is 29.2 Å². The summed E-state index contributed by atoms with van der Waals surface area (Å²) < 4.78 is 26.8. The molecule has 1 aromatic carbocycles. The quantitative estimate of drug-likeness (QED) is 0.774. The third-order valence-electron chi connectivity index (χ3n) is 4.21. The highest BCUT2D eigenvalue weighted by Crippen LogP contribution is 2.24. The summed E-state index contributed by atoms with van der Waals surface area (Å²) in [6, 6.07) is 7.94. The Morgan fingerprint density at radius 3 is 2.05 bits per heavy atom. The summed E-state index contributed by atoms with van der Waals surface area (Å²) in [7, 11) is -3.35. The Hall–Kier alpha value is -1.11. The van der Waals surface area contributed by atoms with Gasteiger partial charge in [0.2, 0.25) is 10.0 Å². The first kappa shape index (κ1) is 14.8. The van der Waals surface area contributed by atoms with Crippen LogP contribution in [0.25, 0.3) is 0 Å². The number of anilines is 1. The summed E-state index contributed by atoms with van der Waals surface area (Å²) in [5, 5.41) is 3.46. The van der Waals surface area contributed by atoms with E-state index in [1.807, 2.05) is 12.1 Å². The van der Waals surface area contributed by atoms with E-state index in [0.717, 1.165) is 44.2 Å². The van der Waals surface area contributed by atoms with Crippen LogP contribution in [0.4, 0.5) is 5.69 Å². The van der Waals surface area contributed by atoms with Gasteiger partial charge in [0.05, 0.1) is 4.90 Å². The van der Waals surface area contributed by atoms with Crippen molar-refractivity contribution in [3.8, 4) is 0 Å². The first-order chi connectivity index (χ1) is 10.0. The van der Waals surface area contributed by atoms with E-state index in [0.29, 0.717) is 17.0 Å². The van der Waals surface area contributed by atoms with Crippen LogP contribution in [0.1, 0.15) is 38.5 Å². The molecule has 4 N–H and O–H groups in total. The third-order valence-corrected chi connectivity index (χ3v) is 5.74. The van der Waals surface area contributed by atoms with E-state index in [1.54, 1.807) is 12.1 Å². The zero-order valence-corrected chi connectivity index (χ0v) is 12.9. The zero-order chi connectivity index (χ0) is 14.9. The number of rotatable bonds is 5. The van der Waals surface area contributed by atoms with Crippen LogP contribution in [-0.4, -0.2) is 26.5 Å². The Bertz CT molecular complexity index is 573. The molecule has 0 saturated heterocycles.